The Balaban J connectivity index is 1.89. The van der Waals surface area contributed by atoms with Crippen LogP contribution >= 0.6 is 0 Å². The van der Waals surface area contributed by atoms with Gasteiger partial charge >= 0.3 is 6.03 Å². The Morgan fingerprint density at radius 3 is 2.81 bits per heavy atom. The van der Waals surface area contributed by atoms with Gasteiger partial charge in [-0.15, -0.1) is 6.42 Å². The van der Waals surface area contributed by atoms with E-state index >= 15 is 0 Å². The molecule has 1 aliphatic rings. The summed E-state index contributed by atoms with van der Waals surface area (Å²) in [4.78, 5) is 14.8. The van der Waals surface area contributed by atoms with Crippen molar-refractivity contribution in [2.75, 3.05) is 11.9 Å². The third-order valence-electron chi connectivity index (χ3n) is 4.91. The molecule has 0 bridgehead atoms. The van der Waals surface area contributed by atoms with E-state index < -0.39 is 0 Å². The number of benzene rings is 1. The maximum absolute atomic E-state index is 13.1. The summed E-state index contributed by atoms with van der Waals surface area (Å²) in [5.41, 5.74) is 2.66. The molecule has 138 valence electrons. The largest absolute Gasteiger partial charge is 0.328 e. The van der Waals surface area contributed by atoms with Crippen LogP contribution in [0.25, 0.3) is 0 Å². The van der Waals surface area contributed by atoms with Crippen LogP contribution in [-0.2, 0) is 12.0 Å². The van der Waals surface area contributed by atoms with Crippen molar-refractivity contribution in [1.82, 2.24) is 9.47 Å². The highest BCUT2D eigenvalue weighted by molar-refractivity contribution is 5.89. The maximum atomic E-state index is 13.1. The zero-order valence-electron chi connectivity index (χ0n) is 16.0. The fourth-order valence-electron chi connectivity index (χ4n) is 3.64. The van der Waals surface area contributed by atoms with E-state index in [2.05, 4.69) is 29.4 Å². The predicted molar refractivity (Wildman–Crippen MR) is 106 cm³/mol. The summed E-state index contributed by atoms with van der Waals surface area (Å²) in [7, 11) is 0. The molecule has 0 saturated heterocycles. The number of nitrogens with one attached hydrogen (secondary N) is 1. The van der Waals surface area contributed by atoms with E-state index in [1.54, 1.807) is 17.2 Å². The maximum Gasteiger partial charge on any atom is 0.324 e. The van der Waals surface area contributed by atoms with E-state index in [1.807, 2.05) is 37.5 Å². The molecule has 0 fully saturated rings. The van der Waals surface area contributed by atoms with E-state index in [4.69, 9.17) is 6.42 Å². The van der Waals surface area contributed by atoms with Gasteiger partial charge in [0.2, 0.25) is 0 Å². The standard InChI is InChI=1S/C22H24N4O/c1-5-12-25(19-11-10-17-8-6-7-9-18(17)19)21(27)24-20-13-16(14-23)15-26(20)22(2,3)4/h1,6-9,13,15,19H,10-12H2,2-4H3,(H,24,27)/t19-/m0/s1. The predicted octanol–water partition coefficient (Wildman–Crippen LogP) is 4.27. The second kappa shape index (κ2) is 7.21. The van der Waals surface area contributed by atoms with Crippen LogP contribution < -0.4 is 5.32 Å². The number of anilines is 1. The van der Waals surface area contributed by atoms with Crippen LogP contribution in [0, 0.1) is 23.7 Å². The average molecular weight is 360 g/mol. The molecule has 1 aromatic heterocycles. The number of hydrogen-bond donors (Lipinski definition) is 1. The number of terminal acetylenes is 1. The fraction of sp³-hybridized carbons (Fsp3) is 0.364. The Labute approximate surface area is 160 Å². The number of nitrogens with zero attached hydrogens (tertiary/aromatic N) is 3. The molecule has 1 aliphatic carbocycles. The Hall–Kier alpha value is -3.18. The van der Waals surface area contributed by atoms with Crippen LogP contribution in [0.2, 0.25) is 0 Å². The minimum atomic E-state index is -0.269. The van der Waals surface area contributed by atoms with Gasteiger partial charge in [-0.2, -0.15) is 5.26 Å². The summed E-state index contributed by atoms with van der Waals surface area (Å²) in [6, 6.07) is 11.7. The van der Waals surface area contributed by atoms with E-state index in [0.29, 0.717) is 11.4 Å². The first kappa shape index (κ1) is 18.6. The Bertz CT molecular complexity index is 936. The summed E-state index contributed by atoms with van der Waals surface area (Å²) in [5.74, 6) is 3.20. The highest BCUT2D eigenvalue weighted by Gasteiger charge is 2.31. The minimum absolute atomic E-state index is 0.0364. The van der Waals surface area contributed by atoms with E-state index in [1.165, 1.54) is 5.56 Å². The van der Waals surface area contributed by atoms with Gasteiger partial charge in [0, 0.05) is 11.7 Å². The van der Waals surface area contributed by atoms with Gasteiger partial charge in [0.25, 0.3) is 0 Å². The zero-order chi connectivity index (χ0) is 19.6. The molecule has 1 aromatic carbocycles. The quantitative estimate of drug-likeness (QED) is 0.831. The van der Waals surface area contributed by atoms with Gasteiger partial charge in [-0.3, -0.25) is 5.32 Å². The molecule has 1 heterocycles. The number of carbonyl (C=O) groups excluding carboxylic acids is 1. The summed E-state index contributed by atoms with van der Waals surface area (Å²) in [6.07, 6.45) is 9.10. The van der Waals surface area contributed by atoms with Crippen LogP contribution in [0.3, 0.4) is 0 Å². The van der Waals surface area contributed by atoms with Crippen molar-refractivity contribution >= 4 is 11.8 Å². The van der Waals surface area contributed by atoms with Crippen LogP contribution in [-0.4, -0.2) is 22.0 Å². The zero-order valence-corrected chi connectivity index (χ0v) is 16.0. The van der Waals surface area contributed by atoms with Gasteiger partial charge in [-0.05, 0) is 50.8 Å². The number of urea groups is 1. The summed E-state index contributed by atoms with van der Waals surface area (Å²) >= 11 is 0. The number of rotatable bonds is 3. The van der Waals surface area contributed by atoms with Crippen LogP contribution in [0.4, 0.5) is 10.6 Å². The van der Waals surface area contributed by atoms with Crippen LogP contribution in [0.5, 0.6) is 0 Å². The third-order valence-corrected chi connectivity index (χ3v) is 4.91. The molecule has 27 heavy (non-hydrogen) atoms. The van der Waals surface area contributed by atoms with Gasteiger partial charge < -0.3 is 9.47 Å². The highest BCUT2D eigenvalue weighted by Crippen LogP contribution is 2.36. The first-order chi connectivity index (χ1) is 12.8. The van der Waals surface area contributed by atoms with E-state index in [9.17, 15) is 10.1 Å². The lowest BCUT2D eigenvalue weighted by Crippen LogP contribution is -2.38. The summed E-state index contributed by atoms with van der Waals surface area (Å²) < 4.78 is 1.90. The second-order valence-corrected chi connectivity index (χ2v) is 7.78. The van der Waals surface area contributed by atoms with Gasteiger partial charge in [-0.1, -0.05) is 30.2 Å². The lowest BCUT2D eigenvalue weighted by Gasteiger charge is -2.30. The van der Waals surface area contributed by atoms with Crippen molar-refractivity contribution < 1.29 is 4.79 Å². The molecule has 2 aromatic rings. The third kappa shape index (κ3) is 3.68. The first-order valence-corrected chi connectivity index (χ1v) is 9.07. The number of amides is 2. The van der Waals surface area contributed by atoms with Crippen molar-refractivity contribution in [3.63, 3.8) is 0 Å². The number of hydrogen-bond acceptors (Lipinski definition) is 2. The van der Waals surface area contributed by atoms with Gasteiger partial charge in [0.1, 0.15) is 11.9 Å². The first-order valence-electron chi connectivity index (χ1n) is 9.07. The molecular formula is C22H24N4O. The molecule has 3 rings (SSSR count). The Kier molecular flexibility index (Phi) is 4.97. The van der Waals surface area contributed by atoms with Crippen LogP contribution in [0.1, 0.15) is 49.9 Å². The normalized spacial score (nSPS) is 15.5. The fourth-order valence-corrected chi connectivity index (χ4v) is 3.64. The minimum Gasteiger partial charge on any atom is -0.328 e. The van der Waals surface area contributed by atoms with E-state index in [-0.39, 0.29) is 24.2 Å². The van der Waals surface area contributed by atoms with Crippen molar-refractivity contribution in [2.45, 2.75) is 45.2 Å². The van der Waals surface area contributed by atoms with Crippen molar-refractivity contribution in [3.05, 3.63) is 53.2 Å². The molecule has 5 heteroatoms. The molecule has 5 nitrogen and oxygen atoms in total. The number of nitriles is 1. The number of carbonyl (C=O) groups is 1. The van der Waals surface area contributed by atoms with Gasteiger partial charge in [0.05, 0.1) is 18.2 Å². The van der Waals surface area contributed by atoms with Crippen molar-refractivity contribution in [3.8, 4) is 18.4 Å². The van der Waals surface area contributed by atoms with Gasteiger partial charge in [0.15, 0.2) is 0 Å². The molecule has 0 saturated carbocycles. The summed E-state index contributed by atoms with van der Waals surface area (Å²) in [6.45, 7) is 6.30. The SMILES string of the molecule is C#CCN(C(=O)Nc1cc(C#N)cn1C(C)(C)C)[C@H]1CCc2ccccc21. The number of fused-ring (bicyclic) bond motifs is 1. The number of aryl methyl sites for hydroxylation is 1. The smallest absolute Gasteiger partial charge is 0.324 e. The molecule has 1 atom stereocenters. The van der Waals surface area contributed by atoms with Crippen LogP contribution in [0.15, 0.2) is 36.5 Å². The molecular weight excluding hydrogens is 336 g/mol. The molecule has 2 amide bonds. The molecule has 0 aliphatic heterocycles. The lowest BCUT2D eigenvalue weighted by atomic mass is 10.1. The van der Waals surface area contributed by atoms with Gasteiger partial charge in [-0.25, -0.2) is 4.79 Å². The highest BCUT2D eigenvalue weighted by atomic mass is 16.2. The van der Waals surface area contributed by atoms with Crippen molar-refractivity contribution in [2.24, 2.45) is 0 Å². The molecule has 0 unspecified atom stereocenters. The lowest BCUT2D eigenvalue weighted by molar-refractivity contribution is 0.196. The second-order valence-electron chi connectivity index (χ2n) is 7.78. The molecule has 0 radical (unpaired) electrons. The Morgan fingerprint density at radius 1 is 1.41 bits per heavy atom. The van der Waals surface area contributed by atoms with E-state index in [0.717, 1.165) is 18.4 Å². The average Bonchev–Trinajstić information content (AvgIpc) is 3.23. The summed E-state index contributed by atoms with van der Waals surface area (Å²) in [5, 5.41) is 12.2. The monoisotopic (exact) mass is 360 g/mol. The van der Waals surface area contributed by atoms with Crippen molar-refractivity contribution in [1.29, 1.82) is 5.26 Å². The topological polar surface area (TPSA) is 61.1 Å². The Morgan fingerprint density at radius 2 is 2.15 bits per heavy atom. The number of aromatic nitrogens is 1. The molecule has 0 spiro atoms. The molecule has 1 N–H and O–H groups in total.